The Morgan fingerprint density at radius 1 is 0.539 bits per heavy atom. The molecule has 5 aliphatic heterocycles. The molecule has 0 saturated carbocycles. The molecular formula is C88H121BrCl2MgN14O23S12. The zero-order valence-corrected chi connectivity index (χ0v) is 93.3. The number of halogens is 3. The Hall–Kier alpha value is -7.41. The number of amides is 2. The first-order valence-electron chi connectivity index (χ1n) is 41.5. The molecule has 2 atom stereocenters. The molecule has 2 amide bonds. The maximum atomic E-state index is 12.8. The van der Waals surface area contributed by atoms with Crippen LogP contribution < -0.4 is 43.1 Å². The smallest absolute Gasteiger partial charge is 1.00 e. The molecule has 8 aromatic heterocycles. The fourth-order valence-corrected chi connectivity index (χ4v) is 25.9. The van der Waals surface area contributed by atoms with Gasteiger partial charge in [0.2, 0.25) is 28.8 Å². The van der Waals surface area contributed by atoms with Crippen molar-refractivity contribution < 1.29 is 121 Å². The summed E-state index contributed by atoms with van der Waals surface area (Å²) >= 11 is 12.5. The van der Waals surface area contributed by atoms with Gasteiger partial charge in [-0.15, -0.1) is 79.9 Å². The van der Waals surface area contributed by atoms with Crippen molar-refractivity contribution in [2.24, 2.45) is 0 Å². The summed E-state index contributed by atoms with van der Waals surface area (Å²) in [5.41, 5.74) is -2.04. The number of piperazine rings is 4. The number of sulfonamides is 5. The molecule has 2 unspecified atom stereocenters. The Labute approximate surface area is 890 Å². The van der Waals surface area contributed by atoms with Crippen LogP contribution in [-0.4, -0.2) is 289 Å². The minimum absolute atomic E-state index is 0. The number of piperidine rings is 1. The SMILES string of the molecule is C.C.CC#CC(=O)CN(CCC)S(=O)(=O)c1cccs1.CC#CC1CN(S(=O)(=O)c2cccs2)CCN1.CC#CC1CN(S(=O)(=O)c2cccs2)CCN1c1ncc(C(C)(C)O)cn1.CC(C)(C)OC(=O)OC(=O)OC(C)(C)C.CC(C)(O)c1cnc(Cl)nc1.O=C1CCCN(S(=O)(=O)c2cccs2)C1.O=C1CN(S(=O)(=O)c2cccs2)CCN1.O=C1CNCCN1.O=S(=O)(Cl)c1cccs1.[Br-].[C-]#CC.[Mg+2]. The third-order valence-corrected chi connectivity index (χ3v) is 36.7. The van der Waals surface area contributed by atoms with Crippen LogP contribution in [0.5, 0.6) is 0 Å². The van der Waals surface area contributed by atoms with Crippen LogP contribution in [-0.2, 0) is 104 Å². The summed E-state index contributed by atoms with van der Waals surface area (Å²) < 4.78 is 166. The molecule has 0 aliphatic carbocycles. The number of carbonyl (C=O) groups is 6. The molecular weight excluding hydrogens is 2180 g/mol. The standard InChI is InChI=1S/C18H22N4O3S2.C12H15NO3S2.C11H14N2O2S2.C10H18O5.C9H11NO3S2.C8H10N2O3S2.C7H9ClN2O.C4H3ClO2S2.C4H8N2O.C3H3.2CH4.BrH.Mg/c1-4-6-15-13-21(27(24,25)16-7-5-10-26-16)8-9-22(15)17-19-11-14(12-20-17)18(2,3)23;1-3-6-11(14)10-13(8-4-2)18(15,16)12-7-5-9-17-12;1-2-4-10-9-13(7-6-12-10)17(14,15)11-5-3-8-16-11;1-9(2,3)14-7(11)13-8(12)15-10(4,5)6;11-8-3-1-5-10(7-8)15(12,13)9-4-2-6-14-9;11-7-6-10(4-3-9-7)15(12,13)8-2-1-5-14-8;1-7(2,11)5-3-9-6(8)10-4-5;5-9(6,7)4-2-1-3-8-4;7-4-3-5-1-2-6-4;1-3-2;;;;/h5,7,10-12,15,23H,8-9,13H2,1-3H3;5,7,9H,4,8,10H2,1-2H3;3,5,8,10,12H,6-7,9H2,1H3;1-6H3;2,4,6H,1,3,5,7H2;1-2,5H,3-4,6H2,(H,9,11);3-4,11H,1-2H3;1-3H;5H,1-3H2,(H,6,7);1H3;2*1H4;1H;/q;;;;;;;;;-1;;;;+2/p-1. The molecule has 5 fully saturated rings. The van der Waals surface area contributed by atoms with Gasteiger partial charge in [0.05, 0.1) is 43.4 Å². The van der Waals surface area contributed by atoms with E-state index >= 15 is 0 Å². The number of hydrogen-bond acceptors (Lipinski definition) is 36. The predicted octanol–water partition coefficient (Wildman–Crippen LogP) is 8.22. The fraction of sp³-hybridized carbons (Fsp3) is 0.477. The normalized spacial score (nSPS) is 15.7. The molecule has 13 rings (SSSR count). The Bertz CT molecular complexity index is 6000. The number of ketones is 2. The first kappa shape index (κ1) is 134. The van der Waals surface area contributed by atoms with Crippen LogP contribution in [0.2, 0.25) is 5.28 Å². The van der Waals surface area contributed by atoms with Gasteiger partial charge in [-0.05, 0) is 196 Å². The quantitative estimate of drug-likeness (QED) is 0.00688. The van der Waals surface area contributed by atoms with Gasteiger partial charge in [-0.3, -0.25) is 19.2 Å². The number of anilines is 1. The van der Waals surface area contributed by atoms with E-state index in [1.54, 1.807) is 208 Å². The van der Waals surface area contributed by atoms with Crippen molar-refractivity contribution in [1.82, 2.24) is 62.7 Å². The second-order valence-corrected chi connectivity index (χ2v) is 51.1. The zero-order valence-electron chi connectivity index (χ0n) is 79.0. The molecule has 0 spiro atoms. The van der Waals surface area contributed by atoms with Gasteiger partial charge in [0.1, 0.15) is 48.3 Å². The Kier molecular flexibility index (Phi) is 60.5. The van der Waals surface area contributed by atoms with Gasteiger partial charge in [-0.1, -0.05) is 75.9 Å². The average Bonchev–Trinajstić information content (AvgIpc) is 1.68. The monoisotopic (exact) mass is 2300 g/mol. The number of hydrogen-bond donors (Lipinski definition) is 6. The molecule has 53 heteroatoms. The van der Waals surface area contributed by atoms with Crippen molar-refractivity contribution >= 4 is 214 Å². The van der Waals surface area contributed by atoms with Crippen molar-refractivity contribution in [2.45, 2.75) is 198 Å². The van der Waals surface area contributed by atoms with Gasteiger partial charge in [-0.2, -0.15) is 21.5 Å². The van der Waals surface area contributed by atoms with Gasteiger partial charge in [0.25, 0.3) is 59.2 Å². The molecule has 6 N–H and O–H groups in total. The van der Waals surface area contributed by atoms with Crippen molar-refractivity contribution in [3.8, 4) is 41.4 Å². The third-order valence-electron chi connectivity index (χ3n) is 17.4. The van der Waals surface area contributed by atoms with Crippen LogP contribution in [0.3, 0.4) is 0 Å². The topological polar surface area (TPSA) is 495 Å². The molecule has 5 aliphatic rings. The van der Waals surface area contributed by atoms with E-state index < -0.39 is 93.9 Å². The fourth-order valence-electron chi connectivity index (χ4n) is 11.1. The summed E-state index contributed by atoms with van der Waals surface area (Å²) in [7, 11) is -15.8. The Balaban J connectivity index is 0.00000158. The Morgan fingerprint density at radius 2 is 0.943 bits per heavy atom. The van der Waals surface area contributed by atoms with Crippen LogP contribution in [0, 0.1) is 47.9 Å². The molecule has 8 aromatic rings. The molecule has 0 radical (unpaired) electrons. The zero-order chi connectivity index (χ0) is 103. The third kappa shape index (κ3) is 47.8. The van der Waals surface area contributed by atoms with Crippen LogP contribution in [0.25, 0.3) is 0 Å². The maximum Gasteiger partial charge on any atom is 2.00 e. The number of aliphatic hydroxyl groups is 2. The first-order chi connectivity index (χ1) is 64.0. The van der Waals surface area contributed by atoms with Crippen LogP contribution in [0.4, 0.5) is 15.5 Å². The summed E-state index contributed by atoms with van der Waals surface area (Å²) in [4.78, 5) is 84.1. The first-order valence-corrected chi connectivity index (χ1v) is 56.6. The molecule has 13 heterocycles. The second kappa shape index (κ2) is 63.9. The van der Waals surface area contributed by atoms with Crippen LogP contribution >= 0.6 is 90.3 Å². The number of Topliss-reactive ketones (excluding diaryl/α,β-unsaturated/α-hetero) is 2. The van der Waals surface area contributed by atoms with Gasteiger partial charge in [0, 0.05) is 132 Å². The van der Waals surface area contributed by atoms with Crippen molar-refractivity contribution in [2.75, 3.05) is 110 Å². The van der Waals surface area contributed by atoms with Crippen LogP contribution in [0.15, 0.2) is 155 Å². The number of nitrogens with zero attached hydrogens (tertiary/aromatic N) is 10. The Morgan fingerprint density at radius 3 is 1.30 bits per heavy atom. The average molecular weight is 2300 g/mol. The van der Waals surface area contributed by atoms with Crippen molar-refractivity contribution in [3.05, 3.63) is 153 Å². The minimum Gasteiger partial charge on any atom is -1.00 e. The predicted molar refractivity (Wildman–Crippen MR) is 550 cm³/mol. The van der Waals surface area contributed by atoms with Crippen molar-refractivity contribution in [1.29, 1.82) is 0 Å². The molecule has 141 heavy (non-hydrogen) atoms. The molecule has 0 bridgehead atoms. The van der Waals surface area contributed by atoms with E-state index in [-0.39, 0.29) is 134 Å². The van der Waals surface area contributed by atoms with E-state index in [1.165, 1.54) is 74.0 Å². The number of carbonyl (C=O) groups excluding carboxylic acids is 6. The van der Waals surface area contributed by atoms with Gasteiger partial charge < -0.3 is 79.9 Å². The van der Waals surface area contributed by atoms with E-state index in [2.05, 4.69) is 81.5 Å². The van der Waals surface area contributed by atoms with Gasteiger partial charge >= 0.3 is 35.4 Å². The largest absolute Gasteiger partial charge is 2.00 e. The number of nitrogens with one attached hydrogen (secondary N) is 4. The van der Waals surface area contributed by atoms with Gasteiger partial charge in [0.15, 0.2) is 0 Å². The van der Waals surface area contributed by atoms with E-state index in [4.69, 9.17) is 38.2 Å². The van der Waals surface area contributed by atoms with E-state index in [9.17, 15) is 89.5 Å². The number of rotatable bonds is 18. The molecule has 5 saturated heterocycles. The van der Waals surface area contributed by atoms with Crippen molar-refractivity contribution in [3.63, 3.8) is 0 Å². The van der Waals surface area contributed by atoms with Gasteiger partial charge in [-0.25, -0.2) is 80.0 Å². The summed E-state index contributed by atoms with van der Waals surface area (Å²) in [6, 6.07) is 19.2. The molecule has 0 aromatic carbocycles. The molecule has 776 valence electrons. The van der Waals surface area contributed by atoms with E-state index in [1.807, 2.05) is 17.7 Å². The number of ether oxygens (including phenoxy) is 3. The summed E-state index contributed by atoms with van der Waals surface area (Å²) in [5.74, 6) is 18.5. The second-order valence-electron chi connectivity index (χ2n) is 31.5. The maximum absolute atomic E-state index is 12.8. The number of aromatic nitrogens is 4. The summed E-state index contributed by atoms with van der Waals surface area (Å²) in [5, 5.41) is 41.4. The number of thiophene rings is 6. The summed E-state index contributed by atoms with van der Waals surface area (Å²) in [6.07, 6.45) is 11.8. The minimum atomic E-state index is -3.57. The van der Waals surface area contributed by atoms with Crippen LogP contribution in [0.1, 0.15) is 149 Å². The van der Waals surface area contributed by atoms with E-state index in [0.717, 1.165) is 47.1 Å². The molecule has 37 nitrogen and oxygen atoms in total. The summed E-state index contributed by atoms with van der Waals surface area (Å²) in [6.45, 7) is 31.1. The van der Waals surface area contributed by atoms with E-state index in [0.29, 0.717) is 114 Å².